The zero-order valence-electron chi connectivity index (χ0n) is 15.6. The molecule has 0 fully saturated rings. The Morgan fingerprint density at radius 3 is 2.43 bits per heavy atom. The van der Waals surface area contributed by atoms with Gasteiger partial charge in [-0.25, -0.2) is 4.98 Å². The van der Waals surface area contributed by atoms with Crippen LogP contribution in [0.4, 0.5) is 8.78 Å². The molecule has 30 heavy (non-hydrogen) atoms. The van der Waals surface area contributed by atoms with Gasteiger partial charge in [-0.15, -0.1) is 10.2 Å². The second-order valence-corrected chi connectivity index (χ2v) is 6.35. The molecule has 10 heteroatoms. The van der Waals surface area contributed by atoms with Gasteiger partial charge in [-0.1, -0.05) is 30.3 Å². The van der Waals surface area contributed by atoms with Crippen LogP contribution in [-0.4, -0.2) is 24.7 Å². The largest absolute Gasteiger partial charge is 0.415 e. The van der Waals surface area contributed by atoms with Crippen molar-refractivity contribution in [1.29, 1.82) is 0 Å². The van der Waals surface area contributed by atoms with Gasteiger partial charge in [-0.3, -0.25) is 14.3 Å². The molecule has 0 radical (unpaired) electrons. The summed E-state index contributed by atoms with van der Waals surface area (Å²) >= 11 is 0. The van der Waals surface area contributed by atoms with E-state index in [4.69, 9.17) is 10.2 Å². The van der Waals surface area contributed by atoms with E-state index in [2.05, 4.69) is 20.2 Å². The molecule has 2 N–H and O–H groups in total. The quantitative estimate of drug-likeness (QED) is 0.520. The van der Waals surface area contributed by atoms with E-state index in [0.29, 0.717) is 22.6 Å². The van der Waals surface area contributed by atoms with Crippen LogP contribution in [0.15, 0.2) is 64.1 Å². The predicted molar refractivity (Wildman–Crippen MR) is 103 cm³/mol. The van der Waals surface area contributed by atoms with Crippen molar-refractivity contribution in [2.24, 2.45) is 5.73 Å². The Bertz CT molecular complexity index is 1210. The normalized spacial score (nSPS) is 11.2. The van der Waals surface area contributed by atoms with Gasteiger partial charge >= 0.3 is 6.43 Å². The van der Waals surface area contributed by atoms with Gasteiger partial charge in [0.05, 0.1) is 17.8 Å². The first kappa shape index (κ1) is 19.5. The maximum atomic E-state index is 12.9. The van der Waals surface area contributed by atoms with Crippen molar-refractivity contribution in [1.82, 2.24) is 24.7 Å². The van der Waals surface area contributed by atoms with Crippen molar-refractivity contribution in [3.05, 3.63) is 82.4 Å². The Hall–Kier alpha value is -3.79. The van der Waals surface area contributed by atoms with E-state index < -0.39 is 12.3 Å². The van der Waals surface area contributed by atoms with E-state index in [9.17, 15) is 13.6 Å². The predicted octanol–water partition coefficient (Wildman–Crippen LogP) is 2.80. The van der Waals surface area contributed by atoms with Crippen LogP contribution >= 0.6 is 0 Å². The number of benzene rings is 1. The van der Waals surface area contributed by atoms with Crippen LogP contribution in [0.3, 0.4) is 0 Å². The fraction of sp³-hybridized carbons (Fsp3) is 0.150. The van der Waals surface area contributed by atoms with E-state index in [0.717, 1.165) is 5.56 Å². The van der Waals surface area contributed by atoms with Gasteiger partial charge in [0.2, 0.25) is 5.89 Å². The second-order valence-electron chi connectivity index (χ2n) is 6.35. The number of hydrogen-bond donors (Lipinski definition) is 1. The number of aromatic nitrogens is 5. The Kier molecular flexibility index (Phi) is 5.40. The Balaban J connectivity index is 1.67. The highest BCUT2D eigenvalue weighted by atomic mass is 19.3. The summed E-state index contributed by atoms with van der Waals surface area (Å²) < 4.78 is 31.7. The molecular weight excluding hydrogens is 394 g/mol. The van der Waals surface area contributed by atoms with E-state index in [1.165, 1.54) is 17.0 Å². The molecule has 3 heterocycles. The van der Waals surface area contributed by atoms with Gasteiger partial charge in [-0.05, 0) is 12.1 Å². The van der Waals surface area contributed by atoms with Crippen LogP contribution in [0.2, 0.25) is 0 Å². The van der Waals surface area contributed by atoms with Crippen molar-refractivity contribution in [2.45, 2.75) is 19.5 Å². The van der Waals surface area contributed by atoms with Crippen molar-refractivity contribution < 1.29 is 13.2 Å². The Morgan fingerprint density at radius 2 is 1.80 bits per heavy atom. The van der Waals surface area contributed by atoms with E-state index >= 15 is 0 Å². The number of pyridine rings is 1. The molecule has 152 valence electrons. The molecule has 0 aliphatic carbocycles. The highest BCUT2D eigenvalue weighted by molar-refractivity contribution is 5.55. The first-order chi connectivity index (χ1) is 14.6. The number of alkyl halides is 2. The first-order valence-corrected chi connectivity index (χ1v) is 8.98. The van der Waals surface area contributed by atoms with Crippen molar-refractivity contribution in [3.8, 4) is 22.8 Å². The average Bonchev–Trinajstić information content (AvgIpc) is 3.27. The minimum absolute atomic E-state index is 0.0571. The molecule has 3 aromatic heterocycles. The first-order valence-electron chi connectivity index (χ1n) is 8.98. The van der Waals surface area contributed by atoms with Gasteiger partial charge in [0, 0.05) is 30.1 Å². The van der Waals surface area contributed by atoms with Gasteiger partial charge in [0.1, 0.15) is 5.82 Å². The molecule has 4 aromatic rings. The Labute approximate surface area is 169 Å². The van der Waals surface area contributed by atoms with Gasteiger partial charge in [0.15, 0.2) is 0 Å². The van der Waals surface area contributed by atoms with Crippen LogP contribution in [-0.2, 0) is 13.1 Å². The SMILES string of the molecule is NCc1cnc(-c2ccccc2)n(Cc2ccc(-c3nnc(C(F)F)o3)cn2)c1=O. The molecule has 4 rings (SSSR count). The van der Waals surface area contributed by atoms with Crippen molar-refractivity contribution in [3.63, 3.8) is 0 Å². The number of nitrogens with two attached hydrogens (primary N) is 1. The topological polar surface area (TPSA) is 113 Å². The molecule has 0 unspecified atom stereocenters. The maximum Gasteiger partial charge on any atom is 0.314 e. The van der Waals surface area contributed by atoms with Crippen LogP contribution in [0.1, 0.15) is 23.6 Å². The lowest BCUT2D eigenvalue weighted by molar-refractivity contribution is 0.116. The fourth-order valence-corrected chi connectivity index (χ4v) is 2.88. The third kappa shape index (κ3) is 3.85. The summed E-state index contributed by atoms with van der Waals surface area (Å²) in [5.41, 5.74) is 7.52. The highest BCUT2D eigenvalue weighted by Gasteiger charge is 2.17. The maximum absolute atomic E-state index is 12.9. The minimum atomic E-state index is -2.84. The second kappa shape index (κ2) is 8.29. The molecule has 1 aromatic carbocycles. The minimum Gasteiger partial charge on any atom is -0.415 e. The number of hydrogen-bond acceptors (Lipinski definition) is 7. The standard InChI is InChI=1S/C20H16F2N6O2/c21-16(22)19-27-26-18(30-19)13-6-7-15(24-9-13)11-28-17(12-4-2-1-3-5-12)25-10-14(8-23)20(28)29/h1-7,9-10,16H,8,11,23H2. The summed E-state index contributed by atoms with van der Waals surface area (Å²) in [5, 5.41) is 6.89. The van der Waals surface area contributed by atoms with Crippen LogP contribution in [0, 0.1) is 0 Å². The zero-order chi connectivity index (χ0) is 21.1. The average molecular weight is 410 g/mol. The van der Waals surface area contributed by atoms with E-state index in [1.54, 1.807) is 12.1 Å². The van der Waals surface area contributed by atoms with Crippen LogP contribution < -0.4 is 11.3 Å². The smallest absolute Gasteiger partial charge is 0.314 e. The lowest BCUT2D eigenvalue weighted by Crippen LogP contribution is -2.28. The third-order valence-corrected chi connectivity index (χ3v) is 4.39. The molecular formula is C20H16F2N6O2. The number of rotatable bonds is 6. The third-order valence-electron chi connectivity index (χ3n) is 4.39. The molecule has 0 spiro atoms. The highest BCUT2D eigenvalue weighted by Crippen LogP contribution is 2.23. The molecule has 0 saturated carbocycles. The van der Waals surface area contributed by atoms with Gasteiger partial charge in [0.25, 0.3) is 11.4 Å². The summed E-state index contributed by atoms with van der Waals surface area (Å²) in [7, 11) is 0. The van der Waals surface area contributed by atoms with Crippen LogP contribution in [0.25, 0.3) is 22.8 Å². The molecule has 0 aliphatic rings. The van der Waals surface area contributed by atoms with E-state index in [-0.39, 0.29) is 24.5 Å². The summed E-state index contributed by atoms with van der Waals surface area (Å²) in [4.78, 5) is 21.6. The lowest BCUT2D eigenvalue weighted by atomic mass is 10.2. The van der Waals surface area contributed by atoms with Gasteiger partial charge in [-0.2, -0.15) is 8.78 Å². The van der Waals surface area contributed by atoms with E-state index in [1.807, 2.05) is 30.3 Å². The zero-order valence-corrected chi connectivity index (χ0v) is 15.6. The Morgan fingerprint density at radius 1 is 1.00 bits per heavy atom. The summed E-state index contributed by atoms with van der Waals surface area (Å²) in [6.07, 6.45) is 0.0587. The van der Waals surface area contributed by atoms with Crippen molar-refractivity contribution >= 4 is 0 Å². The summed E-state index contributed by atoms with van der Waals surface area (Å²) in [5.74, 6) is -0.321. The summed E-state index contributed by atoms with van der Waals surface area (Å²) in [6, 6.07) is 12.6. The lowest BCUT2D eigenvalue weighted by Gasteiger charge is -2.13. The molecule has 0 amide bonds. The molecule has 8 nitrogen and oxygen atoms in total. The molecule has 0 aliphatic heterocycles. The van der Waals surface area contributed by atoms with Gasteiger partial charge < -0.3 is 10.2 Å². The fourth-order valence-electron chi connectivity index (χ4n) is 2.88. The molecule has 0 atom stereocenters. The number of halogens is 2. The molecule has 0 saturated heterocycles. The molecule has 0 bridgehead atoms. The number of nitrogens with zero attached hydrogens (tertiary/aromatic N) is 5. The van der Waals surface area contributed by atoms with Crippen molar-refractivity contribution in [2.75, 3.05) is 0 Å². The summed E-state index contributed by atoms with van der Waals surface area (Å²) in [6.45, 7) is 0.215. The van der Waals surface area contributed by atoms with Crippen LogP contribution in [0.5, 0.6) is 0 Å². The monoisotopic (exact) mass is 410 g/mol.